The third kappa shape index (κ3) is 2.80. The molecule has 0 fully saturated rings. The predicted molar refractivity (Wildman–Crippen MR) is 71.8 cm³/mol. The van der Waals surface area contributed by atoms with E-state index in [2.05, 4.69) is 15.6 Å². The molecule has 1 aromatic heterocycles. The van der Waals surface area contributed by atoms with Crippen molar-refractivity contribution in [1.82, 2.24) is 15.6 Å². The predicted octanol–water partition coefficient (Wildman–Crippen LogP) is 1.38. The third-order valence-electron chi connectivity index (χ3n) is 3.11. The number of oxazole rings is 1. The van der Waals surface area contributed by atoms with Crippen LogP contribution in [-0.4, -0.2) is 25.6 Å². The molecule has 0 bridgehead atoms. The molecule has 1 heterocycles. The van der Waals surface area contributed by atoms with E-state index < -0.39 is 5.76 Å². The quantitative estimate of drug-likeness (QED) is 0.676. The highest BCUT2D eigenvalue weighted by molar-refractivity contribution is 5.72. The van der Waals surface area contributed by atoms with Crippen molar-refractivity contribution in [2.45, 2.75) is 18.9 Å². The van der Waals surface area contributed by atoms with Crippen molar-refractivity contribution in [2.75, 3.05) is 20.6 Å². The number of hydrogen-bond acceptors (Lipinski definition) is 4. The van der Waals surface area contributed by atoms with Crippen molar-refractivity contribution in [3.8, 4) is 0 Å². The second kappa shape index (κ2) is 5.84. The van der Waals surface area contributed by atoms with Gasteiger partial charge >= 0.3 is 5.76 Å². The van der Waals surface area contributed by atoms with Gasteiger partial charge in [0.1, 0.15) is 0 Å². The first-order valence-corrected chi connectivity index (χ1v) is 6.19. The van der Waals surface area contributed by atoms with E-state index in [4.69, 9.17) is 4.42 Å². The molecule has 1 unspecified atom stereocenters. The summed E-state index contributed by atoms with van der Waals surface area (Å²) >= 11 is 0. The summed E-state index contributed by atoms with van der Waals surface area (Å²) in [5.41, 5.74) is 2.53. The molecule has 3 N–H and O–H groups in total. The van der Waals surface area contributed by atoms with E-state index in [9.17, 15) is 4.79 Å². The minimum absolute atomic E-state index is 0.293. The van der Waals surface area contributed by atoms with Gasteiger partial charge in [0, 0.05) is 6.04 Å². The molecule has 0 aliphatic carbocycles. The van der Waals surface area contributed by atoms with Gasteiger partial charge in [0.05, 0.1) is 5.52 Å². The monoisotopic (exact) mass is 249 g/mol. The minimum Gasteiger partial charge on any atom is -0.408 e. The van der Waals surface area contributed by atoms with Gasteiger partial charge in [-0.25, -0.2) is 4.79 Å². The molecule has 0 saturated carbocycles. The van der Waals surface area contributed by atoms with Crippen molar-refractivity contribution < 1.29 is 4.42 Å². The number of fused-ring (bicyclic) bond motifs is 1. The zero-order chi connectivity index (χ0) is 13.0. The van der Waals surface area contributed by atoms with Crippen LogP contribution in [0.2, 0.25) is 0 Å². The standard InChI is InChI=1S/C13H19N3O2/c1-14-7-3-4-10(15-2)9-5-6-12-11(8-9)16-13(17)18-12/h5-6,8,10,14-15H,3-4,7H2,1-2H3,(H,16,17). The summed E-state index contributed by atoms with van der Waals surface area (Å²) in [6.45, 7) is 1.00. The molecule has 0 saturated heterocycles. The first-order valence-electron chi connectivity index (χ1n) is 6.19. The molecule has 1 aromatic carbocycles. The zero-order valence-electron chi connectivity index (χ0n) is 10.7. The summed E-state index contributed by atoms with van der Waals surface area (Å²) in [5, 5.41) is 6.44. The van der Waals surface area contributed by atoms with E-state index in [-0.39, 0.29) is 0 Å². The Kier molecular flexibility index (Phi) is 4.17. The fourth-order valence-corrected chi connectivity index (χ4v) is 2.15. The average molecular weight is 249 g/mol. The van der Waals surface area contributed by atoms with E-state index in [1.807, 2.05) is 32.3 Å². The fraction of sp³-hybridized carbons (Fsp3) is 0.462. The van der Waals surface area contributed by atoms with Crippen LogP contribution in [0.4, 0.5) is 0 Å². The van der Waals surface area contributed by atoms with E-state index in [1.165, 1.54) is 0 Å². The molecule has 0 aliphatic rings. The van der Waals surface area contributed by atoms with Crippen molar-refractivity contribution in [1.29, 1.82) is 0 Å². The van der Waals surface area contributed by atoms with Crippen LogP contribution >= 0.6 is 0 Å². The Hall–Kier alpha value is -1.59. The lowest BCUT2D eigenvalue weighted by molar-refractivity contribution is 0.518. The first kappa shape index (κ1) is 12.9. The third-order valence-corrected chi connectivity index (χ3v) is 3.11. The van der Waals surface area contributed by atoms with Gasteiger partial charge in [-0.3, -0.25) is 4.98 Å². The largest absolute Gasteiger partial charge is 0.417 e. The van der Waals surface area contributed by atoms with E-state index in [1.54, 1.807) is 0 Å². The van der Waals surface area contributed by atoms with Crippen LogP contribution in [0.1, 0.15) is 24.4 Å². The van der Waals surface area contributed by atoms with Crippen LogP contribution in [0.3, 0.4) is 0 Å². The minimum atomic E-state index is -0.404. The number of rotatable bonds is 6. The highest BCUT2D eigenvalue weighted by Crippen LogP contribution is 2.21. The Balaban J connectivity index is 2.19. The van der Waals surface area contributed by atoms with E-state index in [0.717, 1.165) is 30.5 Å². The number of benzene rings is 1. The van der Waals surface area contributed by atoms with E-state index >= 15 is 0 Å². The molecule has 2 rings (SSSR count). The van der Waals surface area contributed by atoms with Crippen LogP contribution in [0.25, 0.3) is 11.1 Å². The summed E-state index contributed by atoms with van der Waals surface area (Å²) in [5.74, 6) is -0.404. The molecular formula is C13H19N3O2. The van der Waals surface area contributed by atoms with Gasteiger partial charge in [0.25, 0.3) is 0 Å². The number of aromatic amines is 1. The molecule has 98 valence electrons. The maximum absolute atomic E-state index is 11.1. The lowest BCUT2D eigenvalue weighted by Gasteiger charge is -2.16. The normalized spacial score (nSPS) is 13.0. The molecule has 0 radical (unpaired) electrons. The van der Waals surface area contributed by atoms with Gasteiger partial charge in [-0.15, -0.1) is 0 Å². The van der Waals surface area contributed by atoms with Crippen LogP contribution in [-0.2, 0) is 0 Å². The van der Waals surface area contributed by atoms with Crippen LogP contribution in [0, 0.1) is 0 Å². The second-order valence-corrected chi connectivity index (χ2v) is 4.36. The van der Waals surface area contributed by atoms with Crippen LogP contribution in [0.5, 0.6) is 0 Å². The smallest absolute Gasteiger partial charge is 0.408 e. The zero-order valence-corrected chi connectivity index (χ0v) is 10.7. The molecule has 5 heteroatoms. The lowest BCUT2D eigenvalue weighted by Crippen LogP contribution is -2.18. The number of aromatic nitrogens is 1. The summed E-state index contributed by atoms with van der Waals surface area (Å²) in [7, 11) is 3.91. The fourth-order valence-electron chi connectivity index (χ4n) is 2.15. The molecule has 0 spiro atoms. The summed E-state index contributed by atoms with van der Waals surface area (Å²) in [6, 6.07) is 6.10. The van der Waals surface area contributed by atoms with Crippen molar-refractivity contribution in [3.05, 3.63) is 34.3 Å². The van der Waals surface area contributed by atoms with Gasteiger partial charge in [-0.2, -0.15) is 0 Å². The number of hydrogen-bond donors (Lipinski definition) is 3. The summed E-state index contributed by atoms with van der Waals surface area (Å²) in [4.78, 5) is 13.8. The van der Waals surface area contributed by atoms with E-state index in [0.29, 0.717) is 11.6 Å². The molecular weight excluding hydrogens is 230 g/mol. The maximum Gasteiger partial charge on any atom is 0.417 e. The molecule has 1 atom stereocenters. The van der Waals surface area contributed by atoms with Crippen molar-refractivity contribution in [3.63, 3.8) is 0 Å². The van der Waals surface area contributed by atoms with Gasteiger partial charge in [-0.05, 0) is 51.2 Å². The second-order valence-electron chi connectivity index (χ2n) is 4.36. The maximum atomic E-state index is 11.1. The van der Waals surface area contributed by atoms with Gasteiger partial charge < -0.3 is 15.1 Å². The first-order chi connectivity index (χ1) is 8.74. The lowest BCUT2D eigenvalue weighted by atomic mass is 10.0. The van der Waals surface area contributed by atoms with Crippen molar-refractivity contribution in [2.24, 2.45) is 0 Å². The van der Waals surface area contributed by atoms with Gasteiger partial charge in [0.15, 0.2) is 5.58 Å². The molecule has 18 heavy (non-hydrogen) atoms. The number of nitrogens with one attached hydrogen (secondary N) is 3. The Labute approximate surface area is 106 Å². The Bertz CT molecular complexity index is 559. The Morgan fingerprint density at radius 1 is 1.39 bits per heavy atom. The molecule has 0 aliphatic heterocycles. The Morgan fingerprint density at radius 2 is 2.22 bits per heavy atom. The van der Waals surface area contributed by atoms with Crippen LogP contribution < -0.4 is 16.4 Å². The topological polar surface area (TPSA) is 70.1 Å². The molecule has 2 aromatic rings. The summed E-state index contributed by atoms with van der Waals surface area (Å²) < 4.78 is 4.99. The van der Waals surface area contributed by atoms with Gasteiger partial charge in [-0.1, -0.05) is 6.07 Å². The summed E-state index contributed by atoms with van der Waals surface area (Å²) in [6.07, 6.45) is 2.15. The SMILES string of the molecule is CNCCCC(NC)c1ccc2oc(=O)[nH]c2c1. The van der Waals surface area contributed by atoms with Crippen LogP contribution in [0.15, 0.2) is 27.4 Å². The highest BCUT2D eigenvalue weighted by Gasteiger charge is 2.10. The Morgan fingerprint density at radius 3 is 2.94 bits per heavy atom. The average Bonchev–Trinajstić information content (AvgIpc) is 2.74. The highest BCUT2D eigenvalue weighted by atomic mass is 16.4. The number of H-pyrrole nitrogens is 1. The molecule has 0 amide bonds. The molecule has 5 nitrogen and oxygen atoms in total. The van der Waals surface area contributed by atoms with Gasteiger partial charge in [0.2, 0.25) is 0 Å². The van der Waals surface area contributed by atoms with Crippen molar-refractivity contribution >= 4 is 11.1 Å².